The second kappa shape index (κ2) is 12.9. The average Bonchev–Trinajstić information content (AvgIpc) is 3.37. The van der Waals surface area contributed by atoms with Crippen molar-refractivity contribution in [1.82, 2.24) is 15.1 Å². The highest BCUT2D eigenvalue weighted by Crippen LogP contribution is 2.35. The molecular weight excluding hydrogens is 521 g/mol. The fraction of sp³-hybridized carbons (Fsp3) is 0.500. The zero-order valence-corrected chi connectivity index (χ0v) is 23.1. The van der Waals surface area contributed by atoms with Crippen molar-refractivity contribution in [3.05, 3.63) is 53.7 Å². The number of alkyl halides is 3. The van der Waals surface area contributed by atoms with E-state index in [0.717, 1.165) is 27.6 Å². The molecule has 1 aliphatic rings. The number of aromatic nitrogens is 2. The zero-order valence-electron chi connectivity index (χ0n) is 21.4. The Hall–Kier alpha value is -2.37. The van der Waals surface area contributed by atoms with Crippen LogP contribution in [0.5, 0.6) is 0 Å². The van der Waals surface area contributed by atoms with E-state index in [1.807, 2.05) is 26.0 Å². The van der Waals surface area contributed by atoms with Crippen LogP contribution in [0.3, 0.4) is 0 Å². The molecule has 4 rings (SSSR count). The standard InChI is InChI=1S/C19H21F3N4O2S2.C7H14/c1-12(2)23-11-13-6-4-5-7-14(13)25-30(27,28)18-9-8-16(29-18)15-10-17(19(20,21)22)26(3)24-15;1-2-4-6-7-5-3-1/h4-10,12,23,25H,11H2,1-3H3;1-7H2. The molecule has 0 saturated heterocycles. The van der Waals surface area contributed by atoms with E-state index in [1.165, 1.54) is 64.1 Å². The van der Waals surface area contributed by atoms with Gasteiger partial charge in [0.2, 0.25) is 0 Å². The smallest absolute Gasteiger partial charge is 0.310 e. The molecule has 0 aliphatic heterocycles. The van der Waals surface area contributed by atoms with Gasteiger partial charge in [0.15, 0.2) is 0 Å². The summed E-state index contributed by atoms with van der Waals surface area (Å²) in [7, 11) is -2.71. The first-order chi connectivity index (χ1) is 17.5. The Kier molecular flexibility index (Phi) is 10.2. The lowest BCUT2D eigenvalue weighted by atomic mass is 10.2. The molecule has 1 aliphatic carbocycles. The molecular formula is C26H35F3N4O2S2. The van der Waals surface area contributed by atoms with Crippen molar-refractivity contribution in [2.75, 3.05) is 4.72 Å². The van der Waals surface area contributed by atoms with Gasteiger partial charge in [0.25, 0.3) is 10.0 Å². The Morgan fingerprint density at radius 1 is 1.00 bits per heavy atom. The van der Waals surface area contributed by atoms with Crippen LogP contribution in [0.4, 0.5) is 18.9 Å². The summed E-state index contributed by atoms with van der Waals surface area (Å²) in [5.74, 6) is 0. The van der Waals surface area contributed by atoms with Crippen molar-refractivity contribution >= 4 is 27.0 Å². The summed E-state index contributed by atoms with van der Waals surface area (Å²) < 4.78 is 68.0. The van der Waals surface area contributed by atoms with Gasteiger partial charge in [0, 0.05) is 19.6 Å². The first-order valence-electron chi connectivity index (χ1n) is 12.5. The summed E-state index contributed by atoms with van der Waals surface area (Å²) in [6.45, 7) is 4.46. The molecule has 3 aromatic rings. The molecule has 1 fully saturated rings. The Balaban J connectivity index is 0.000000468. The third kappa shape index (κ3) is 8.58. The summed E-state index contributed by atoms with van der Waals surface area (Å²) in [4.78, 5) is 0.330. The number of hydrogen-bond donors (Lipinski definition) is 2. The molecule has 1 aromatic carbocycles. The van der Waals surface area contributed by atoms with Gasteiger partial charge in [0.1, 0.15) is 15.6 Å². The molecule has 0 atom stereocenters. The molecule has 37 heavy (non-hydrogen) atoms. The van der Waals surface area contributed by atoms with Crippen LogP contribution in [0.1, 0.15) is 70.1 Å². The van der Waals surface area contributed by atoms with E-state index in [9.17, 15) is 21.6 Å². The summed E-state index contributed by atoms with van der Waals surface area (Å²) in [5.41, 5.74) is 0.390. The lowest BCUT2D eigenvalue weighted by Crippen LogP contribution is -2.23. The van der Waals surface area contributed by atoms with Crippen molar-refractivity contribution in [1.29, 1.82) is 0 Å². The van der Waals surface area contributed by atoms with Crippen LogP contribution in [-0.4, -0.2) is 24.2 Å². The van der Waals surface area contributed by atoms with E-state index >= 15 is 0 Å². The minimum absolute atomic E-state index is 0.0108. The average molecular weight is 557 g/mol. The summed E-state index contributed by atoms with van der Waals surface area (Å²) in [5, 5.41) is 7.10. The van der Waals surface area contributed by atoms with Gasteiger partial charge in [-0.2, -0.15) is 18.3 Å². The fourth-order valence-electron chi connectivity index (χ4n) is 3.98. The van der Waals surface area contributed by atoms with Gasteiger partial charge in [-0.25, -0.2) is 8.42 Å². The van der Waals surface area contributed by atoms with Crippen LogP contribution >= 0.6 is 11.3 Å². The van der Waals surface area contributed by atoms with E-state index in [-0.39, 0.29) is 15.9 Å². The topological polar surface area (TPSA) is 76.0 Å². The highest BCUT2D eigenvalue weighted by atomic mass is 32.2. The van der Waals surface area contributed by atoms with Crippen molar-refractivity contribution in [2.24, 2.45) is 7.05 Å². The third-order valence-electron chi connectivity index (χ3n) is 5.98. The Labute approximate surface area is 221 Å². The minimum Gasteiger partial charge on any atom is -0.310 e. The molecule has 2 N–H and O–H groups in total. The number of rotatable bonds is 7. The molecule has 0 amide bonds. The summed E-state index contributed by atoms with van der Waals surface area (Å²) in [6, 6.07) is 11.0. The highest BCUT2D eigenvalue weighted by molar-refractivity contribution is 7.94. The largest absolute Gasteiger partial charge is 0.433 e. The van der Waals surface area contributed by atoms with Crippen LogP contribution in [0.15, 0.2) is 46.7 Å². The summed E-state index contributed by atoms with van der Waals surface area (Å²) >= 11 is 0.860. The summed E-state index contributed by atoms with van der Waals surface area (Å²) in [6.07, 6.45) is 5.96. The van der Waals surface area contributed by atoms with Gasteiger partial charge in [-0.1, -0.05) is 77.0 Å². The van der Waals surface area contributed by atoms with E-state index in [4.69, 9.17) is 0 Å². The number of hydrogen-bond acceptors (Lipinski definition) is 5. The molecule has 204 valence electrons. The fourth-order valence-corrected chi connectivity index (χ4v) is 6.34. The second-order valence-electron chi connectivity index (χ2n) is 9.43. The monoisotopic (exact) mass is 556 g/mol. The van der Waals surface area contributed by atoms with E-state index in [2.05, 4.69) is 15.1 Å². The number of halogens is 3. The van der Waals surface area contributed by atoms with Gasteiger partial charge < -0.3 is 5.32 Å². The molecule has 6 nitrogen and oxygen atoms in total. The number of nitrogens with zero attached hydrogens (tertiary/aromatic N) is 2. The first-order valence-corrected chi connectivity index (χ1v) is 14.8. The number of benzene rings is 1. The Bertz CT molecular complexity index is 1230. The van der Waals surface area contributed by atoms with E-state index in [1.54, 1.807) is 12.1 Å². The number of para-hydroxylation sites is 1. The van der Waals surface area contributed by atoms with Crippen LogP contribution in [-0.2, 0) is 29.8 Å². The predicted molar refractivity (Wildman–Crippen MR) is 143 cm³/mol. The van der Waals surface area contributed by atoms with Gasteiger partial charge >= 0.3 is 6.18 Å². The predicted octanol–water partition coefficient (Wildman–Crippen LogP) is 7.20. The third-order valence-corrected chi connectivity index (χ3v) is 8.95. The Morgan fingerprint density at radius 2 is 1.59 bits per heavy atom. The molecule has 0 spiro atoms. The van der Waals surface area contributed by atoms with E-state index in [0.29, 0.717) is 17.1 Å². The van der Waals surface area contributed by atoms with E-state index < -0.39 is 21.9 Å². The van der Waals surface area contributed by atoms with Gasteiger partial charge in [0.05, 0.1) is 10.6 Å². The number of sulfonamides is 1. The zero-order chi connectivity index (χ0) is 27.1. The van der Waals surface area contributed by atoms with Gasteiger partial charge in [-0.05, 0) is 29.8 Å². The molecule has 0 radical (unpaired) electrons. The van der Waals surface area contributed by atoms with Crippen molar-refractivity contribution < 1.29 is 21.6 Å². The number of aryl methyl sites for hydroxylation is 1. The van der Waals surface area contributed by atoms with Crippen molar-refractivity contribution in [3.63, 3.8) is 0 Å². The van der Waals surface area contributed by atoms with Crippen LogP contribution < -0.4 is 10.0 Å². The van der Waals surface area contributed by atoms with Crippen LogP contribution in [0.2, 0.25) is 0 Å². The second-order valence-corrected chi connectivity index (χ2v) is 12.4. The quantitative estimate of drug-likeness (QED) is 0.302. The van der Waals surface area contributed by atoms with Crippen molar-refractivity contribution in [2.45, 2.75) is 81.8 Å². The SMILES string of the molecule is C1CCCCCC1.CC(C)NCc1ccccc1NS(=O)(=O)c1ccc(-c2cc(C(F)(F)F)n(C)n2)s1. The van der Waals surface area contributed by atoms with Crippen LogP contribution in [0, 0.1) is 0 Å². The maximum atomic E-state index is 13.0. The number of anilines is 1. The van der Waals surface area contributed by atoms with Crippen LogP contribution in [0.25, 0.3) is 10.6 Å². The maximum absolute atomic E-state index is 13.0. The van der Waals surface area contributed by atoms with Gasteiger partial charge in [-0.15, -0.1) is 11.3 Å². The maximum Gasteiger partial charge on any atom is 0.433 e. The van der Waals surface area contributed by atoms with Gasteiger partial charge in [-0.3, -0.25) is 9.40 Å². The Morgan fingerprint density at radius 3 is 2.14 bits per heavy atom. The minimum atomic E-state index is -4.54. The normalized spacial score (nSPS) is 14.7. The lowest BCUT2D eigenvalue weighted by Gasteiger charge is -2.14. The first kappa shape index (κ1) is 29.2. The molecule has 2 aromatic heterocycles. The molecule has 2 heterocycles. The highest BCUT2D eigenvalue weighted by Gasteiger charge is 2.35. The molecule has 0 unspecified atom stereocenters. The lowest BCUT2D eigenvalue weighted by molar-refractivity contribution is -0.143. The number of thiophene rings is 1. The molecule has 0 bridgehead atoms. The molecule has 1 saturated carbocycles. The number of nitrogens with one attached hydrogen (secondary N) is 2. The molecule has 11 heteroatoms. The van der Waals surface area contributed by atoms with Crippen molar-refractivity contribution in [3.8, 4) is 10.6 Å².